The van der Waals surface area contributed by atoms with E-state index in [9.17, 15) is 13.6 Å². The van der Waals surface area contributed by atoms with Crippen molar-refractivity contribution in [3.05, 3.63) is 29.3 Å². The zero-order valence-corrected chi connectivity index (χ0v) is 9.67. The highest BCUT2D eigenvalue weighted by atomic mass is 19.2. The van der Waals surface area contributed by atoms with Crippen molar-refractivity contribution in [1.29, 1.82) is 0 Å². The number of aromatic carboxylic acids is 1. The van der Waals surface area contributed by atoms with Gasteiger partial charge in [0.1, 0.15) is 0 Å². The molecule has 0 spiro atoms. The summed E-state index contributed by atoms with van der Waals surface area (Å²) >= 11 is 0. The summed E-state index contributed by atoms with van der Waals surface area (Å²) in [6.45, 7) is 1.12. The van der Waals surface area contributed by atoms with Crippen molar-refractivity contribution in [3.8, 4) is 0 Å². The third kappa shape index (κ3) is 2.95. The maximum atomic E-state index is 13.5. The SMILES string of the molecule is O=C(O)c1ccc(NCCNC2CC2)c(F)c1F. The lowest BCUT2D eigenvalue weighted by molar-refractivity contribution is 0.0690. The van der Waals surface area contributed by atoms with E-state index in [-0.39, 0.29) is 5.69 Å². The summed E-state index contributed by atoms with van der Waals surface area (Å²) < 4.78 is 26.8. The van der Waals surface area contributed by atoms with Crippen molar-refractivity contribution < 1.29 is 18.7 Å². The van der Waals surface area contributed by atoms with Crippen LogP contribution in [0.25, 0.3) is 0 Å². The van der Waals surface area contributed by atoms with Gasteiger partial charge < -0.3 is 15.7 Å². The van der Waals surface area contributed by atoms with Gasteiger partial charge in [0.2, 0.25) is 0 Å². The Morgan fingerprint density at radius 2 is 2.00 bits per heavy atom. The first kappa shape index (κ1) is 12.8. The van der Waals surface area contributed by atoms with Crippen LogP contribution in [0.5, 0.6) is 0 Å². The first-order chi connectivity index (χ1) is 8.59. The number of nitrogens with one attached hydrogen (secondary N) is 2. The van der Waals surface area contributed by atoms with E-state index in [1.165, 1.54) is 6.07 Å². The summed E-state index contributed by atoms with van der Waals surface area (Å²) in [4.78, 5) is 10.6. The van der Waals surface area contributed by atoms with Gasteiger partial charge in [-0.2, -0.15) is 0 Å². The summed E-state index contributed by atoms with van der Waals surface area (Å²) in [6, 6.07) is 2.85. The largest absolute Gasteiger partial charge is 0.478 e. The average Bonchev–Trinajstić information content (AvgIpc) is 3.13. The molecule has 0 heterocycles. The highest BCUT2D eigenvalue weighted by molar-refractivity contribution is 5.88. The predicted octanol–water partition coefficient (Wildman–Crippen LogP) is 1.83. The van der Waals surface area contributed by atoms with Gasteiger partial charge >= 0.3 is 5.97 Å². The molecule has 98 valence electrons. The molecule has 18 heavy (non-hydrogen) atoms. The van der Waals surface area contributed by atoms with E-state index in [1.54, 1.807) is 0 Å². The summed E-state index contributed by atoms with van der Waals surface area (Å²) in [5.74, 6) is -3.96. The van der Waals surface area contributed by atoms with Crippen LogP contribution >= 0.6 is 0 Å². The fourth-order valence-corrected chi connectivity index (χ4v) is 1.61. The first-order valence-electron chi connectivity index (χ1n) is 5.78. The van der Waals surface area contributed by atoms with Crippen molar-refractivity contribution in [3.63, 3.8) is 0 Å². The lowest BCUT2D eigenvalue weighted by Crippen LogP contribution is -2.24. The molecule has 0 bridgehead atoms. The molecule has 1 aliphatic carbocycles. The van der Waals surface area contributed by atoms with E-state index in [1.807, 2.05) is 0 Å². The predicted molar refractivity (Wildman–Crippen MR) is 62.8 cm³/mol. The normalized spacial score (nSPS) is 14.6. The van der Waals surface area contributed by atoms with Crippen LogP contribution in [-0.2, 0) is 0 Å². The van der Waals surface area contributed by atoms with Crippen LogP contribution in [0.1, 0.15) is 23.2 Å². The van der Waals surface area contributed by atoms with Crippen LogP contribution in [0, 0.1) is 11.6 Å². The van der Waals surface area contributed by atoms with Gasteiger partial charge in [-0.25, -0.2) is 13.6 Å². The second-order valence-corrected chi connectivity index (χ2v) is 4.25. The van der Waals surface area contributed by atoms with Crippen LogP contribution in [0.2, 0.25) is 0 Å². The van der Waals surface area contributed by atoms with Gasteiger partial charge in [0.15, 0.2) is 11.6 Å². The number of anilines is 1. The molecule has 0 unspecified atom stereocenters. The molecule has 0 saturated heterocycles. The van der Waals surface area contributed by atoms with Crippen molar-refractivity contribution >= 4 is 11.7 Å². The molecule has 1 aliphatic rings. The van der Waals surface area contributed by atoms with E-state index >= 15 is 0 Å². The number of carboxylic acids is 1. The lowest BCUT2D eigenvalue weighted by Gasteiger charge is -2.09. The van der Waals surface area contributed by atoms with Crippen molar-refractivity contribution in [2.75, 3.05) is 18.4 Å². The van der Waals surface area contributed by atoms with Crippen LogP contribution in [0.4, 0.5) is 14.5 Å². The molecule has 6 heteroatoms. The topological polar surface area (TPSA) is 61.4 Å². The van der Waals surface area contributed by atoms with Gasteiger partial charge in [-0.3, -0.25) is 0 Å². The first-order valence-corrected chi connectivity index (χ1v) is 5.78. The molecule has 4 nitrogen and oxygen atoms in total. The molecule has 0 atom stereocenters. The third-order valence-corrected chi connectivity index (χ3v) is 2.76. The van der Waals surface area contributed by atoms with Gasteiger partial charge in [0, 0.05) is 19.1 Å². The van der Waals surface area contributed by atoms with Gasteiger partial charge in [-0.05, 0) is 25.0 Å². The molecule has 0 aliphatic heterocycles. The maximum absolute atomic E-state index is 13.5. The fourth-order valence-electron chi connectivity index (χ4n) is 1.61. The number of benzene rings is 1. The monoisotopic (exact) mass is 256 g/mol. The summed E-state index contributed by atoms with van der Waals surface area (Å²) in [7, 11) is 0. The molecule has 2 rings (SSSR count). The zero-order valence-electron chi connectivity index (χ0n) is 9.67. The van der Waals surface area contributed by atoms with E-state index in [0.29, 0.717) is 19.1 Å². The molecular formula is C12H14F2N2O2. The quantitative estimate of drug-likeness (QED) is 0.679. The number of rotatable bonds is 6. The molecule has 1 fully saturated rings. The lowest BCUT2D eigenvalue weighted by atomic mass is 10.2. The van der Waals surface area contributed by atoms with Gasteiger partial charge in [-0.15, -0.1) is 0 Å². The third-order valence-electron chi connectivity index (χ3n) is 2.76. The molecule has 0 amide bonds. The van der Waals surface area contributed by atoms with Crippen LogP contribution in [-0.4, -0.2) is 30.2 Å². The second kappa shape index (κ2) is 5.30. The zero-order chi connectivity index (χ0) is 13.1. The highest BCUT2D eigenvalue weighted by Crippen LogP contribution is 2.21. The number of halogens is 2. The minimum absolute atomic E-state index is 0.0184. The van der Waals surface area contributed by atoms with Crippen molar-refractivity contribution in [2.45, 2.75) is 18.9 Å². The summed E-state index contributed by atoms with van der Waals surface area (Å²) in [5.41, 5.74) is -0.677. The van der Waals surface area contributed by atoms with E-state index < -0.39 is 23.2 Å². The smallest absolute Gasteiger partial charge is 0.338 e. The van der Waals surface area contributed by atoms with E-state index in [4.69, 9.17) is 5.11 Å². The number of hydrogen-bond acceptors (Lipinski definition) is 3. The fraction of sp³-hybridized carbons (Fsp3) is 0.417. The molecular weight excluding hydrogens is 242 g/mol. The van der Waals surface area contributed by atoms with E-state index in [0.717, 1.165) is 18.9 Å². The molecule has 1 aromatic rings. The number of hydrogen-bond donors (Lipinski definition) is 3. The van der Waals surface area contributed by atoms with Crippen molar-refractivity contribution in [1.82, 2.24) is 5.32 Å². The number of carbonyl (C=O) groups is 1. The Kier molecular flexibility index (Phi) is 3.76. The Morgan fingerprint density at radius 3 is 2.61 bits per heavy atom. The minimum Gasteiger partial charge on any atom is -0.478 e. The number of carboxylic acid groups (broad SMARTS) is 1. The Hall–Kier alpha value is -1.69. The Labute approximate surface area is 103 Å². The van der Waals surface area contributed by atoms with Gasteiger partial charge in [-0.1, -0.05) is 0 Å². The van der Waals surface area contributed by atoms with E-state index in [2.05, 4.69) is 10.6 Å². The molecule has 1 saturated carbocycles. The highest BCUT2D eigenvalue weighted by Gasteiger charge is 2.20. The molecule has 3 N–H and O–H groups in total. The Morgan fingerprint density at radius 1 is 1.28 bits per heavy atom. The summed E-state index contributed by atoms with van der Waals surface area (Å²) in [5, 5.41) is 14.6. The maximum Gasteiger partial charge on any atom is 0.338 e. The van der Waals surface area contributed by atoms with Crippen molar-refractivity contribution in [2.24, 2.45) is 0 Å². The van der Waals surface area contributed by atoms with Crippen LogP contribution in [0.15, 0.2) is 12.1 Å². The second-order valence-electron chi connectivity index (χ2n) is 4.25. The molecule has 0 radical (unpaired) electrons. The van der Waals surface area contributed by atoms with Crippen LogP contribution in [0.3, 0.4) is 0 Å². The Bertz CT molecular complexity index is 462. The standard InChI is InChI=1S/C12H14F2N2O2/c13-10-8(12(17)18)3-4-9(11(10)14)16-6-5-15-7-1-2-7/h3-4,7,15-16H,1-2,5-6H2,(H,17,18). The van der Waals surface area contributed by atoms with Gasteiger partial charge in [0.05, 0.1) is 11.3 Å². The van der Waals surface area contributed by atoms with Crippen LogP contribution < -0.4 is 10.6 Å². The molecule has 0 aromatic heterocycles. The minimum atomic E-state index is -1.48. The Balaban J connectivity index is 1.95. The average molecular weight is 256 g/mol. The molecule has 1 aromatic carbocycles. The van der Waals surface area contributed by atoms with Gasteiger partial charge in [0.25, 0.3) is 0 Å². The summed E-state index contributed by atoms with van der Waals surface area (Å²) in [6.07, 6.45) is 2.33.